The molecule has 1 aliphatic carbocycles. The molecule has 5 aromatic carbocycles. The van der Waals surface area contributed by atoms with Crippen molar-refractivity contribution in [1.29, 1.82) is 0 Å². The fourth-order valence-corrected chi connectivity index (χ4v) is 18.4. The van der Waals surface area contributed by atoms with Gasteiger partial charge in [-0.15, -0.1) is 0 Å². The molecule has 0 radical (unpaired) electrons. The van der Waals surface area contributed by atoms with Crippen LogP contribution in [0.1, 0.15) is 227 Å². The van der Waals surface area contributed by atoms with Crippen LogP contribution in [-0.4, -0.2) is 190 Å². The molecule has 2 fully saturated rings. The number of rotatable bonds is 32. The molecule has 14 N–H and O–H groups in total. The third kappa shape index (κ3) is 29.1. The third-order valence-electron chi connectivity index (χ3n) is 26.3. The minimum atomic E-state index is -1.85. The number of aromatic hydroxyl groups is 2. The van der Waals surface area contributed by atoms with Crippen molar-refractivity contribution in [2.75, 3.05) is 26.2 Å². The summed E-state index contributed by atoms with van der Waals surface area (Å²) in [6.07, 6.45) is 0.259. The van der Waals surface area contributed by atoms with Crippen molar-refractivity contribution in [2.24, 2.45) is 52.6 Å². The lowest BCUT2D eigenvalue weighted by Crippen LogP contribution is -2.59. The molecule has 10 rings (SSSR count). The molecule has 6 aromatic rings. The van der Waals surface area contributed by atoms with Gasteiger partial charge in [-0.2, -0.15) is 0 Å². The first-order valence-corrected chi connectivity index (χ1v) is 46.9. The van der Waals surface area contributed by atoms with Gasteiger partial charge in [-0.3, -0.25) is 71.9 Å². The summed E-state index contributed by atoms with van der Waals surface area (Å²) >= 11 is 0. The summed E-state index contributed by atoms with van der Waals surface area (Å²) in [5.41, 5.74) is 4.86. The highest BCUT2D eigenvalue weighted by molar-refractivity contribution is 6.10. The van der Waals surface area contributed by atoms with E-state index in [1.54, 1.807) is 49.5 Å². The van der Waals surface area contributed by atoms with Gasteiger partial charge in [0.05, 0.1) is 53.7 Å². The Hall–Kier alpha value is -12.7. The number of amides is 6. The van der Waals surface area contributed by atoms with E-state index in [1.807, 2.05) is 50.8 Å². The van der Waals surface area contributed by atoms with Gasteiger partial charge in [0.15, 0.2) is 40.1 Å². The van der Waals surface area contributed by atoms with Crippen LogP contribution in [-0.2, 0) is 81.6 Å². The number of aliphatic hydroxyl groups is 2. The number of aromatic carboxylic acids is 1. The van der Waals surface area contributed by atoms with Crippen LogP contribution in [0.15, 0.2) is 149 Å². The highest BCUT2D eigenvalue weighted by atomic mass is 16.4. The van der Waals surface area contributed by atoms with Crippen molar-refractivity contribution in [3.8, 4) is 33.9 Å². The Morgan fingerprint density at radius 1 is 0.607 bits per heavy atom. The van der Waals surface area contributed by atoms with E-state index >= 15 is 24.0 Å². The molecule has 13 atom stereocenters. The van der Waals surface area contributed by atoms with E-state index in [4.69, 9.17) is 10.2 Å². The molecule has 722 valence electrons. The van der Waals surface area contributed by atoms with Gasteiger partial charge in [0.25, 0.3) is 0 Å². The summed E-state index contributed by atoms with van der Waals surface area (Å²) in [6.45, 7) is 11.4. The zero-order valence-electron chi connectivity index (χ0n) is 77.9. The largest absolute Gasteiger partial charge is 0.508 e. The molecule has 3 aliphatic heterocycles. The molecule has 4 aliphatic rings. The number of aromatic amines is 1. The number of aliphatic carboxylic acids is 1. The Labute approximate surface area is 784 Å². The number of nitrogens with two attached hydrogens (primary N) is 1. The van der Waals surface area contributed by atoms with Crippen LogP contribution in [0, 0.1) is 46.8 Å². The van der Waals surface area contributed by atoms with Crippen LogP contribution in [0.4, 0.5) is 0 Å². The van der Waals surface area contributed by atoms with Gasteiger partial charge >= 0.3 is 11.9 Å². The van der Waals surface area contributed by atoms with Crippen LogP contribution in [0.2, 0.25) is 0 Å². The first kappa shape index (κ1) is 104. The van der Waals surface area contributed by atoms with Crippen LogP contribution in [0.25, 0.3) is 44.2 Å². The number of carboxylic acid groups (broad SMARTS) is 2. The molecule has 2 bridgehead atoms. The standard InChI is InChI=1S/C104H128N8O23/c1-60(2)43-69-49-87(120)62(5)107-97(128)71(48-82-76-25-17-16-23-68(76)57-106-82)51-88(121)84(46-65-27-31-72(115)32-28-65)109-96(127)67(30-38-94(125)126)52-93(124)104(40-42-112(59-104)41-19-12-10-8-9-11-18-39-103(7,102(105)134)56-90(123)83(44-61(3)4)108-98(69)129)111-99(130)70(45-64-21-14-13-15-22-64)50-89(122)85(58-113)110-100(131)80(63(6)114)53-73(116)24-20-26-86(119)66-29-35-77(81(47-66)101(132)133)95-78-36-33-74(117)54-91(78)135-92-55-75(118)34-37-79(92)95/h13-17,21-23,25,27-29,31-37,47,54-55,57,60-63,67,69-71,80,83-85,106,113-115,117H,8-12,18-20,24,26,30,38-46,48-53,56,58-59H2,1-7H3,(H2,105,134)(H,107,128)(H,108,129)(H,109,127)(H,110,131)(H,111,130)(H,125,126)(H,132,133)/t62-,63?,67+,69+,70+,71+,80-,83-,84-,85-,103+,104+/m0/s1. The van der Waals surface area contributed by atoms with Gasteiger partial charge in [-0.05, 0) is 155 Å². The summed E-state index contributed by atoms with van der Waals surface area (Å²) in [5, 5.41) is 79.6. The van der Waals surface area contributed by atoms with Crippen molar-refractivity contribution < 1.29 is 107 Å². The van der Waals surface area contributed by atoms with E-state index in [2.05, 4.69) is 31.6 Å². The van der Waals surface area contributed by atoms with Crippen molar-refractivity contribution in [1.82, 2.24) is 36.5 Å². The minimum absolute atomic E-state index is 0.00916. The maximum Gasteiger partial charge on any atom is 0.336 e. The number of aliphatic hydroxyl groups excluding tert-OH is 2. The first-order chi connectivity index (χ1) is 64.2. The number of nitrogens with zero attached hydrogens (tertiary/aromatic N) is 1. The van der Waals surface area contributed by atoms with Crippen molar-refractivity contribution in [3.63, 3.8) is 0 Å². The number of fused-ring (bicyclic) bond motifs is 5. The maximum atomic E-state index is 15.9. The number of ketones is 7. The molecular formula is C104H128N8O23. The molecule has 4 heterocycles. The Morgan fingerprint density at radius 3 is 1.94 bits per heavy atom. The summed E-state index contributed by atoms with van der Waals surface area (Å²) < 4.78 is 5.93. The molecular weight excluding hydrogens is 1730 g/mol. The van der Waals surface area contributed by atoms with E-state index in [0.717, 1.165) is 24.6 Å². The second-order valence-electron chi connectivity index (χ2n) is 38.0. The number of aromatic nitrogens is 1. The van der Waals surface area contributed by atoms with E-state index < -0.39 is 198 Å². The number of hydrogen-bond acceptors (Lipinski definition) is 22. The molecule has 31 nitrogen and oxygen atoms in total. The summed E-state index contributed by atoms with van der Waals surface area (Å²) in [7, 11) is 0. The topological polar surface area (TPSA) is 513 Å². The second-order valence-corrected chi connectivity index (χ2v) is 38.0. The third-order valence-corrected chi connectivity index (χ3v) is 26.3. The second kappa shape index (κ2) is 48.4. The quantitative estimate of drug-likeness (QED) is 0.0138. The predicted octanol–water partition coefficient (Wildman–Crippen LogP) is 11.5. The van der Waals surface area contributed by atoms with E-state index in [1.165, 1.54) is 92.7 Å². The number of phenols is 2. The Morgan fingerprint density at radius 2 is 1.26 bits per heavy atom. The van der Waals surface area contributed by atoms with E-state index in [0.29, 0.717) is 70.9 Å². The van der Waals surface area contributed by atoms with E-state index in [9.17, 15) is 83.4 Å². The Kier molecular flexibility index (Phi) is 37.4. The smallest absolute Gasteiger partial charge is 0.336 e. The lowest BCUT2D eigenvalue weighted by molar-refractivity contribution is -0.140. The van der Waals surface area contributed by atoms with Gasteiger partial charge in [-0.25, -0.2) is 4.79 Å². The zero-order valence-corrected chi connectivity index (χ0v) is 77.9. The van der Waals surface area contributed by atoms with E-state index in [-0.39, 0.29) is 153 Å². The van der Waals surface area contributed by atoms with Crippen molar-refractivity contribution in [3.05, 3.63) is 178 Å². The normalized spacial score (nSPS) is 22.0. The number of Topliss-reactive ketones (excluding diaryl/α,β-unsaturated/α-hetero) is 7. The number of carbonyl (C=O) groups excluding carboxylic acids is 13. The summed E-state index contributed by atoms with van der Waals surface area (Å²) in [4.78, 5) is 235. The highest BCUT2D eigenvalue weighted by Gasteiger charge is 2.49. The van der Waals surface area contributed by atoms with Gasteiger partial charge < -0.3 is 77.3 Å². The average Bonchev–Trinajstić information content (AvgIpc) is 1.56. The molecule has 6 amide bonds. The maximum absolute atomic E-state index is 15.9. The van der Waals surface area contributed by atoms with Crippen molar-refractivity contribution in [2.45, 2.75) is 245 Å². The lowest BCUT2D eigenvalue weighted by atomic mass is 9.77. The molecule has 0 spiro atoms. The molecule has 1 aromatic heterocycles. The fraction of sp³-hybridized carbons (Fsp3) is 0.481. The van der Waals surface area contributed by atoms with Crippen LogP contribution >= 0.6 is 0 Å². The monoisotopic (exact) mass is 1860 g/mol. The predicted molar refractivity (Wildman–Crippen MR) is 505 cm³/mol. The number of primary amides is 1. The fourth-order valence-electron chi connectivity index (χ4n) is 18.4. The number of phenolic OH excluding ortho intramolecular Hbond substituents is 2. The molecule has 0 saturated carbocycles. The molecule has 2 saturated heterocycles. The number of nitrogens with one attached hydrogen (secondary N) is 6. The molecule has 135 heavy (non-hydrogen) atoms. The van der Waals surface area contributed by atoms with Crippen LogP contribution < -0.4 is 37.7 Å². The molecule has 31 heteroatoms. The molecule has 2 unspecified atom stereocenters. The lowest BCUT2D eigenvalue weighted by Gasteiger charge is -2.33. The van der Waals surface area contributed by atoms with Crippen molar-refractivity contribution >= 4 is 110 Å². The summed E-state index contributed by atoms with van der Waals surface area (Å²) in [5.74, 6) is -18.9. The minimum Gasteiger partial charge on any atom is -0.508 e. The van der Waals surface area contributed by atoms with Crippen LogP contribution in [0.5, 0.6) is 11.5 Å². The SMILES string of the molecule is CC(C)C[C@@H]1CC(=O)[C@H](C)NC(=O)[C@H](Cc2[nH]cc3ccccc23)CC(=O)[C@H](Cc2ccc(O)cc2)NC(=O)[C@H](CCC(=O)O)CC(=O)[C@@]2(NC(=O)[C@@H](CC(=O)[C@H](CO)NC(=O)[C@@H](CC(=O)CCCC(=O)c3ccc(-c4c5ccc(=O)cc-5oc5cc(O)ccc45)c(C(=O)O)c3)C(C)O)Cc3ccccc3)CCN(CCCCCCCCC[C@@](C)(C(N)=O)CC(=O)[C@H](CC(C)C)NC1=O)C2. The number of carboxylic acids is 2. The van der Waals surface area contributed by atoms with Gasteiger partial charge in [0.2, 0.25) is 35.4 Å². The zero-order chi connectivity index (χ0) is 98.1. The Balaban J connectivity index is 0.900. The van der Waals surface area contributed by atoms with Gasteiger partial charge in [-0.1, -0.05) is 152 Å². The number of benzene rings is 6. The highest BCUT2D eigenvalue weighted by Crippen LogP contribution is 2.43. The number of H-pyrrole nitrogens is 1. The number of hydrogen-bond donors (Lipinski definition) is 13. The van der Waals surface area contributed by atoms with Gasteiger partial charge in [0.1, 0.15) is 40.2 Å². The van der Waals surface area contributed by atoms with Crippen LogP contribution in [0.3, 0.4) is 0 Å². The average molecular weight is 1860 g/mol. The first-order valence-electron chi connectivity index (χ1n) is 46.9. The van der Waals surface area contributed by atoms with Gasteiger partial charge in [0, 0.05) is 147 Å². The summed E-state index contributed by atoms with van der Waals surface area (Å²) in [6, 6.07) is 28.3. The Bertz CT molecular complexity index is 5640. The number of carbonyl (C=O) groups is 15.